The Hall–Kier alpha value is -1.72. The average Bonchev–Trinajstić information content (AvgIpc) is 3.06. The van der Waals surface area contributed by atoms with E-state index >= 15 is 0 Å². The van der Waals surface area contributed by atoms with Crippen molar-refractivity contribution in [3.05, 3.63) is 12.7 Å². The van der Waals surface area contributed by atoms with Crippen molar-refractivity contribution in [1.29, 1.82) is 0 Å². The van der Waals surface area contributed by atoms with Gasteiger partial charge in [-0.15, -0.1) is 0 Å². The van der Waals surface area contributed by atoms with Crippen molar-refractivity contribution in [3.63, 3.8) is 0 Å². The van der Waals surface area contributed by atoms with Crippen molar-refractivity contribution >= 4 is 11.9 Å². The van der Waals surface area contributed by atoms with Crippen LogP contribution in [0.3, 0.4) is 0 Å². The highest BCUT2D eigenvalue weighted by molar-refractivity contribution is 5.81. The molecule has 0 saturated heterocycles. The Morgan fingerprint density at radius 3 is 0.978 bits per heavy atom. The van der Waals surface area contributed by atoms with Crippen LogP contribution in [0.15, 0.2) is 12.7 Å². The van der Waals surface area contributed by atoms with Gasteiger partial charge in [0, 0.05) is 12.5 Å². The molecule has 46 heavy (non-hydrogen) atoms. The van der Waals surface area contributed by atoms with Gasteiger partial charge in [0.25, 0.3) is 0 Å². The monoisotopic (exact) mass is 668 g/mol. The minimum atomic E-state index is -0.461. The molecule has 0 aliphatic rings. The van der Waals surface area contributed by atoms with Crippen LogP contribution in [-0.4, -0.2) is 157 Å². The second-order valence-electron chi connectivity index (χ2n) is 9.53. The quantitative estimate of drug-likeness (QED) is 0.0537. The fourth-order valence-electron chi connectivity index (χ4n) is 3.32. The van der Waals surface area contributed by atoms with E-state index in [1.54, 1.807) is 0 Å². The summed E-state index contributed by atoms with van der Waals surface area (Å²) in [6.45, 7) is 15.1. The minimum Gasteiger partial charge on any atom is -0.463 e. The lowest BCUT2D eigenvalue weighted by atomic mass is 10.2. The number of unbranched alkanes of at least 4 members (excludes halogenated alkanes) is 3. The molecule has 0 spiro atoms. The second kappa shape index (κ2) is 39.5. The van der Waals surface area contributed by atoms with Gasteiger partial charge in [-0.25, -0.2) is 4.79 Å². The molecule has 0 saturated carbocycles. The van der Waals surface area contributed by atoms with Gasteiger partial charge >= 0.3 is 11.9 Å². The van der Waals surface area contributed by atoms with E-state index in [0.29, 0.717) is 139 Å². The van der Waals surface area contributed by atoms with Gasteiger partial charge in [0.2, 0.25) is 0 Å². The first-order chi connectivity index (χ1) is 22.7. The summed E-state index contributed by atoms with van der Waals surface area (Å²) in [5, 5.41) is 0. The van der Waals surface area contributed by atoms with E-state index in [1.165, 1.54) is 0 Å². The van der Waals surface area contributed by atoms with E-state index in [-0.39, 0.29) is 19.2 Å². The third-order valence-corrected chi connectivity index (χ3v) is 5.71. The molecule has 0 aromatic heterocycles. The Labute approximate surface area is 275 Å². The van der Waals surface area contributed by atoms with Crippen molar-refractivity contribution in [2.45, 2.75) is 39.0 Å². The van der Waals surface area contributed by atoms with Gasteiger partial charge < -0.3 is 56.8 Å². The zero-order valence-electron chi connectivity index (χ0n) is 28.1. The standard InChI is InChI=1S/C32H60O14/c1-3-5-6-7-8-32(34)46-30-28-44-26-24-42-22-20-40-18-16-38-14-12-36-10-9-35-11-13-37-15-17-39-19-21-41-23-25-43-27-29-45-31(33)4-2/h4H,2-3,5-30H2,1H3. The number of hydrogen-bond donors (Lipinski definition) is 0. The summed E-state index contributed by atoms with van der Waals surface area (Å²) >= 11 is 0. The molecule has 14 nitrogen and oxygen atoms in total. The molecule has 0 aromatic carbocycles. The van der Waals surface area contributed by atoms with Crippen molar-refractivity contribution in [1.82, 2.24) is 0 Å². The van der Waals surface area contributed by atoms with Crippen LogP contribution >= 0.6 is 0 Å². The Morgan fingerprint density at radius 1 is 0.413 bits per heavy atom. The van der Waals surface area contributed by atoms with Gasteiger partial charge in [0.15, 0.2) is 0 Å². The maximum atomic E-state index is 11.5. The lowest BCUT2D eigenvalue weighted by molar-refractivity contribution is -0.145. The second-order valence-corrected chi connectivity index (χ2v) is 9.53. The summed E-state index contributed by atoms with van der Waals surface area (Å²) in [6.07, 6.45) is 5.85. The summed E-state index contributed by atoms with van der Waals surface area (Å²) in [7, 11) is 0. The van der Waals surface area contributed by atoms with E-state index in [2.05, 4.69) is 13.5 Å². The van der Waals surface area contributed by atoms with Gasteiger partial charge in [0.05, 0.1) is 132 Å². The third-order valence-electron chi connectivity index (χ3n) is 5.71. The van der Waals surface area contributed by atoms with E-state index in [0.717, 1.165) is 31.8 Å². The fraction of sp³-hybridized carbons (Fsp3) is 0.875. The number of rotatable bonds is 39. The molecule has 0 rings (SSSR count). The molecule has 0 atom stereocenters. The zero-order valence-corrected chi connectivity index (χ0v) is 28.1. The van der Waals surface area contributed by atoms with E-state index in [1.807, 2.05) is 0 Å². The molecule has 0 radical (unpaired) electrons. The highest BCUT2D eigenvalue weighted by Crippen LogP contribution is 2.03. The lowest BCUT2D eigenvalue weighted by Crippen LogP contribution is -2.15. The minimum absolute atomic E-state index is 0.156. The van der Waals surface area contributed by atoms with Crippen molar-refractivity contribution in [3.8, 4) is 0 Å². The molecule has 272 valence electrons. The number of esters is 2. The first-order valence-corrected chi connectivity index (χ1v) is 16.4. The Balaban J connectivity index is 3.09. The van der Waals surface area contributed by atoms with Gasteiger partial charge in [-0.05, 0) is 6.42 Å². The van der Waals surface area contributed by atoms with E-state index < -0.39 is 5.97 Å². The molecule has 0 fully saturated rings. The molecular formula is C32H60O14. The summed E-state index contributed by atoms with van der Waals surface area (Å²) in [6, 6.07) is 0. The van der Waals surface area contributed by atoms with Crippen LogP contribution in [0.1, 0.15) is 39.0 Å². The first kappa shape index (κ1) is 44.3. The predicted molar refractivity (Wildman–Crippen MR) is 169 cm³/mol. The largest absolute Gasteiger partial charge is 0.463 e. The van der Waals surface area contributed by atoms with Gasteiger partial charge in [0.1, 0.15) is 13.2 Å². The zero-order chi connectivity index (χ0) is 33.4. The van der Waals surface area contributed by atoms with Gasteiger partial charge in [-0.1, -0.05) is 32.8 Å². The molecule has 0 aliphatic heterocycles. The molecule has 0 aliphatic carbocycles. The molecule has 0 unspecified atom stereocenters. The van der Waals surface area contributed by atoms with Crippen molar-refractivity contribution < 1.29 is 66.4 Å². The number of hydrogen-bond acceptors (Lipinski definition) is 14. The van der Waals surface area contributed by atoms with Crippen LogP contribution in [-0.2, 0) is 66.4 Å². The van der Waals surface area contributed by atoms with Crippen LogP contribution in [0.2, 0.25) is 0 Å². The maximum Gasteiger partial charge on any atom is 0.330 e. The topological polar surface area (TPSA) is 145 Å². The molecule has 0 amide bonds. The van der Waals surface area contributed by atoms with Crippen LogP contribution in [0.25, 0.3) is 0 Å². The normalized spacial score (nSPS) is 11.2. The predicted octanol–water partition coefficient (Wildman–Crippen LogP) is 2.40. The van der Waals surface area contributed by atoms with Gasteiger partial charge in [-0.2, -0.15) is 0 Å². The first-order valence-electron chi connectivity index (χ1n) is 16.4. The Bertz CT molecular complexity index is 652. The fourth-order valence-corrected chi connectivity index (χ4v) is 3.32. The van der Waals surface area contributed by atoms with Crippen molar-refractivity contribution in [2.75, 3.05) is 145 Å². The Kier molecular flexibility index (Phi) is 38.0. The molecule has 0 bridgehead atoms. The van der Waals surface area contributed by atoms with E-state index in [4.69, 9.17) is 56.8 Å². The number of carbonyl (C=O) groups excluding carboxylic acids is 2. The van der Waals surface area contributed by atoms with Crippen LogP contribution in [0.4, 0.5) is 0 Å². The van der Waals surface area contributed by atoms with Crippen LogP contribution < -0.4 is 0 Å². The van der Waals surface area contributed by atoms with Crippen molar-refractivity contribution in [2.24, 2.45) is 0 Å². The highest BCUT2D eigenvalue weighted by Gasteiger charge is 2.02. The molecule has 14 heteroatoms. The average molecular weight is 669 g/mol. The van der Waals surface area contributed by atoms with Crippen LogP contribution in [0.5, 0.6) is 0 Å². The molecule has 0 N–H and O–H groups in total. The Morgan fingerprint density at radius 2 is 0.696 bits per heavy atom. The van der Waals surface area contributed by atoms with E-state index in [9.17, 15) is 9.59 Å². The molecule has 0 aromatic rings. The summed E-state index contributed by atoms with van der Waals surface area (Å²) < 4.78 is 64.1. The maximum absolute atomic E-state index is 11.5. The van der Waals surface area contributed by atoms with Gasteiger partial charge in [-0.3, -0.25) is 4.79 Å². The molecular weight excluding hydrogens is 608 g/mol. The SMILES string of the molecule is C=CC(=O)OCCOCCOCCOCCOCCOCCOCCOCCOCCOCCOCCOC(=O)CCCCCC. The summed E-state index contributed by atoms with van der Waals surface area (Å²) in [5.74, 6) is -0.618. The number of carbonyl (C=O) groups is 2. The third kappa shape index (κ3) is 38.5. The number of ether oxygens (including phenoxy) is 12. The lowest BCUT2D eigenvalue weighted by Gasteiger charge is -2.09. The summed E-state index contributed by atoms with van der Waals surface area (Å²) in [5.41, 5.74) is 0. The smallest absolute Gasteiger partial charge is 0.330 e. The summed E-state index contributed by atoms with van der Waals surface area (Å²) in [4.78, 5) is 22.4. The van der Waals surface area contributed by atoms with Crippen LogP contribution in [0, 0.1) is 0 Å². The highest BCUT2D eigenvalue weighted by atomic mass is 16.6. The molecule has 0 heterocycles.